The molecule has 0 rings (SSSR count). The van der Waals surface area contributed by atoms with Crippen molar-refractivity contribution in [2.45, 2.75) is 296 Å². The molecular weight excluding hydrogens is 1340 g/mol. The van der Waals surface area contributed by atoms with E-state index in [1.165, 1.54) is 51.4 Å². The van der Waals surface area contributed by atoms with Crippen molar-refractivity contribution in [1.29, 1.82) is 0 Å². The van der Waals surface area contributed by atoms with Crippen molar-refractivity contribution in [3.63, 3.8) is 0 Å². The molecule has 0 fully saturated rings. The first-order valence-corrected chi connectivity index (χ1v) is 42.1. The van der Waals surface area contributed by atoms with Crippen molar-refractivity contribution in [2.75, 3.05) is 39.6 Å². The van der Waals surface area contributed by atoms with E-state index in [1.54, 1.807) is 0 Å². The van der Waals surface area contributed by atoms with Gasteiger partial charge >= 0.3 is 33.6 Å². The highest BCUT2D eigenvalue weighted by Gasteiger charge is 2.29. The molecule has 4 N–H and O–H groups in total. The molecule has 0 radical (unpaired) electrons. The standard InChI is InChI=1S/C85H138O16P2/c1-4-7-10-13-16-19-22-25-28-30-32-34-35-36-37-38-39-40-41-42-43-45-47-48-51-53-56-59-62-65-68-71-83(88)95-74-80(86)75-97-102(91,92)98-76-81(87)77-99-103(93,94)100-79-82(101-85(90)73-70-67-64-61-58-55-50-27-24-21-18-15-12-9-6-3)78-96-84(89)72-69-66-63-60-57-54-52-49-46-44-33-31-29-26-23-20-17-14-11-8-5-2/h7-12,16-21,25-29,32-34,36-37,39-40,44,49-50,52,57,60,80-82,86-87H,4-6,13-15,22-24,30-31,35,38,41-43,45-48,51,53-56,58-59,61-79H2,1-3H3,(H,91,92)(H,93,94)/b10-7-,11-8-,12-9-,19-16-,20-17-,21-18-,28-25-,29-26-,34-32-,37-36-,40-39-,44-33-,50-27-,52-49-,60-57-. The predicted octanol–water partition coefficient (Wildman–Crippen LogP) is 23.0. The molecule has 5 unspecified atom stereocenters. The second-order valence-electron chi connectivity index (χ2n) is 25.4. The van der Waals surface area contributed by atoms with Crippen LogP contribution in [0.3, 0.4) is 0 Å². The van der Waals surface area contributed by atoms with Crippen molar-refractivity contribution >= 4 is 33.6 Å². The number of esters is 3. The number of ether oxygens (including phenoxy) is 3. The fraction of sp³-hybridized carbons (Fsp3) is 0.612. The van der Waals surface area contributed by atoms with E-state index in [0.717, 1.165) is 167 Å². The number of allylic oxidation sites excluding steroid dienone is 30. The number of aliphatic hydroxyl groups excluding tert-OH is 2. The third-order valence-electron chi connectivity index (χ3n) is 15.6. The van der Waals surface area contributed by atoms with Crippen molar-refractivity contribution in [1.82, 2.24) is 0 Å². The summed E-state index contributed by atoms with van der Waals surface area (Å²) in [4.78, 5) is 58.6. The molecular formula is C85H138O16P2. The van der Waals surface area contributed by atoms with Crippen molar-refractivity contribution < 1.29 is 75.8 Å². The summed E-state index contributed by atoms with van der Waals surface area (Å²) >= 11 is 0. The largest absolute Gasteiger partial charge is 0.472 e. The normalized spacial score (nSPS) is 15.0. The van der Waals surface area contributed by atoms with E-state index in [1.807, 2.05) is 0 Å². The number of hydrogen-bond donors (Lipinski definition) is 4. The van der Waals surface area contributed by atoms with E-state index >= 15 is 0 Å². The van der Waals surface area contributed by atoms with E-state index < -0.39 is 91.5 Å². The number of aliphatic hydroxyl groups is 2. The van der Waals surface area contributed by atoms with Gasteiger partial charge < -0.3 is 34.2 Å². The summed E-state index contributed by atoms with van der Waals surface area (Å²) < 4.78 is 61.0. The molecule has 0 saturated heterocycles. The lowest BCUT2D eigenvalue weighted by Crippen LogP contribution is -2.30. The number of rotatable bonds is 72. The summed E-state index contributed by atoms with van der Waals surface area (Å²) in [5.74, 6) is -1.66. The SMILES string of the molecule is CC/C=C\C/C=C\C/C=C\C/C=C\C/C=C\C/C=C\CCCCCCCCCCCCCCC(=O)OCC(O)COP(=O)(O)OCC(O)COP(=O)(O)OCC(COC(=O)CCCC/C=C\C/C=C\C/C=C\C/C=C\C/C=C\C/C=C\CC)OC(=O)CCCCCCC/C=C\C/C=C\C/C=C\CC. The molecule has 0 amide bonds. The van der Waals surface area contributed by atoms with Crippen LogP contribution in [0.15, 0.2) is 182 Å². The average Bonchev–Trinajstić information content (AvgIpc) is 0.922. The van der Waals surface area contributed by atoms with Gasteiger partial charge in [0.05, 0.1) is 26.4 Å². The van der Waals surface area contributed by atoms with Gasteiger partial charge in [-0.3, -0.25) is 32.5 Å². The summed E-state index contributed by atoms with van der Waals surface area (Å²) in [7, 11) is -9.82. The molecule has 0 saturated carbocycles. The van der Waals surface area contributed by atoms with Crippen molar-refractivity contribution in [3.8, 4) is 0 Å². The molecule has 0 aromatic heterocycles. The smallest absolute Gasteiger partial charge is 0.463 e. The lowest BCUT2D eigenvalue weighted by Gasteiger charge is -2.21. The van der Waals surface area contributed by atoms with Crippen LogP contribution in [0, 0.1) is 0 Å². The van der Waals surface area contributed by atoms with Gasteiger partial charge in [0, 0.05) is 19.3 Å². The minimum absolute atomic E-state index is 0.0687. The zero-order chi connectivity index (χ0) is 75.2. The Labute approximate surface area is 624 Å². The van der Waals surface area contributed by atoms with Crippen molar-refractivity contribution in [3.05, 3.63) is 182 Å². The number of phosphoric acid groups is 2. The van der Waals surface area contributed by atoms with Gasteiger partial charge in [-0.05, 0) is 154 Å². The maximum Gasteiger partial charge on any atom is 0.472 e. The Bertz CT molecular complexity index is 2600. The van der Waals surface area contributed by atoms with E-state index in [2.05, 4.69) is 203 Å². The van der Waals surface area contributed by atoms with Crippen LogP contribution in [-0.2, 0) is 55.8 Å². The second-order valence-corrected chi connectivity index (χ2v) is 28.3. The summed E-state index contributed by atoms with van der Waals surface area (Å²) in [6.07, 6.45) is 98.1. The average molecular weight is 1480 g/mol. The minimum atomic E-state index is -4.95. The maximum absolute atomic E-state index is 12.9. The fourth-order valence-corrected chi connectivity index (χ4v) is 11.4. The highest BCUT2D eigenvalue weighted by atomic mass is 31.2. The van der Waals surface area contributed by atoms with E-state index in [9.17, 15) is 43.5 Å². The second kappa shape index (κ2) is 76.3. The molecule has 0 aliphatic heterocycles. The lowest BCUT2D eigenvalue weighted by molar-refractivity contribution is -0.161. The molecule has 0 aliphatic carbocycles. The first-order chi connectivity index (χ1) is 50.2. The van der Waals surface area contributed by atoms with Gasteiger partial charge in [-0.2, -0.15) is 0 Å². The van der Waals surface area contributed by atoms with Crippen LogP contribution in [-0.4, -0.2) is 95.9 Å². The van der Waals surface area contributed by atoms with Crippen LogP contribution < -0.4 is 0 Å². The van der Waals surface area contributed by atoms with Gasteiger partial charge in [-0.1, -0.05) is 287 Å². The molecule has 0 bridgehead atoms. The quantitative estimate of drug-likeness (QED) is 0.0146. The molecule has 0 aromatic rings. The Balaban J connectivity index is 4.57. The van der Waals surface area contributed by atoms with Gasteiger partial charge in [0.2, 0.25) is 0 Å². The lowest BCUT2D eigenvalue weighted by atomic mass is 10.0. The third-order valence-corrected chi connectivity index (χ3v) is 17.5. The fourth-order valence-electron chi connectivity index (χ4n) is 9.77. The molecule has 0 heterocycles. The number of hydrogen-bond acceptors (Lipinski definition) is 14. The Morgan fingerprint density at radius 1 is 0.272 bits per heavy atom. The molecule has 0 aliphatic rings. The summed E-state index contributed by atoms with van der Waals surface area (Å²) in [5.41, 5.74) is 0. The first kappa shape index (κ1) is 97.7. The molecule has 0 aromatic carbocycles. The first-order valence-electron chi connectivity index (χ1n) is 39.1. The Kier molecular flexibility index (Phi) is 72.3. The molecule has 103 heavy (non-hydrogen) atoms. The summed E-state index contributed by atoms with van der Waals surface area (Å²) in [6.45, 7) is 2.24. The molecule has 16 nitrogen and oxygen atoms in total. The molecule has 5 atom stereocenters. The van der Waals surface area contributed by atoms with Gasteiger partial charge in [0.1, 0.15) is 25.4 Å². The summed E-state index contributed by atoms with van der Waals surface area (Å²) in [5, 5.41) is 20.6. The molecule has 0 spiro atoms. The Hall–Kier alpha value is -5.35. The topological polar surface area (TPSA) is 231 Å². The highest BCUT2D eigenvalue weighted by Crippen LogP contribution is 2.45. The van der Waals surface area contributed by atoms with Crippen LogP contribution in [0.1, 0.15) is 278 Å². The van der Waals surface area contributed by atoms with E-state index in [0.29, 0.717) is 19.3 Å². The predicted molar refractivity (Wildman–Crippen MR) is 426 cm³/mol. The number of carbonyl (C=O) groups is 3. The summed E-state index contributed by atoms with van der Waals surface area (Å²) in [6, 6.07) is 0. The minimum Gasteiger partial charge on any atom is -0.463 e. The van der Waals surface area contributed by atoms with Gasteiger partial charge in [-0.15, -0.1) is 0 Å². The van der Waals surface area contributed by atoms with Crippen LogP contribution >= 0.6 is 15.6 Å². The number of carbonyl (C=O) groups excluding carboxylic acids is 3. The third kappa shape index (κ3) is 77.6. The molecule has 18 heteroatoms. The molecule has 584 valence electrons. The monoisotopic (exact) mass is 1480 g/mol. The highest BCUT2D eigenvalue weighted by molar-refractivity contribution is 7.47. The van der Waals surface area contributed by atoms with Crippen molar-refractivity contribution in [2.24, 2.45) is 0 Å². The van der Waals surface area contributed by atoms with Gasteiger partial charge in [0.25, 0.3) is 0 Å². The Morgan fingerprint density at radius 2 is 0.485 bits per heavy atom. The van der Waals surface area contributed by atoms with E-state index in [-0.39, 0.29) is 19.3 Å². The van der Waals surface area contributed by atoms with Crippen LogP contribution in [0.2, 0.25) is 0 Å². The van der Waals surface area contributed by atoms with Crippen LogP contribution in [0.25, 0.3) is 0 Å². The van der Waals surface area contributed by atoms with E-state index in [4.69, 9.17) is 32.3 Å². The van der Waals surface area contributed by atoms with Gasteiger partial charge in [-0.25, -0.2) is 9.13 Å². The van der Waals surface area contributed by atoms with Gasteiger partial charge in [0.15, 0.2) is 6.10 Å². The Morgan fingerprint density at radius 3 is 0.786 bits per heavy atom. The zero-order valence-corrected chi connectivity index (χ0v) is 65.5. The number of phosphoric ester groups is 2. The zero-order valence-electron chi connectivity index (χ0n) is 63.7. The van der Waals surface area contributed by atoms with Crippen LogP contribution in [0.5, 0.6) is 0 Å². The maximum atomic E-state index is 12.9. The number of unbranched alkanes of at least 4 members (excludes halogenated alkanes) is 19. The van der Waals surface area contributed by atoms with Crippen LogP contribution in [0.4, 0.5) is 0 Å².